The number of sulfone groups is 1. The lowest BCUT2D eigenvalue weighted by Crippen LogP contribution is -2.29. The molecule has 0 saturated carbocycles. The highest BCUT2D eigenvalue weighted by molar-refractivity contribution is 7.91. The van der Waals surface area contributed by atoms with Gasteiger partial charge in [-0.15, -0.1) is 0 Å². The molecule has 32 heavy (non-hydrogen) atoms. The molecule has 1 amide bonds. The second-order valence-electron chi connectivity index (χ2n) is 6.94. The molecule has 0 aliphatic carbocycles. The third-order valence-corrected chi connectivity index (χ3v) is 7.00. The molecule has 0 unspecified atom stereocenters. The number of nitrogens with one attached hydrogen (secondary N) is 1. The van der Waals surface area contributed by atoms with Crippen LogP contribution >= 0.6 is 11.6 Å². The first kappa shape index (κ1) is 21.7. The lowest BCUT2D eigenvalue weighted by atomic mass is 10.0. The van der Waals surface area contributed by atoms with Gasteiger partial charge in [0.05, 0.1) is 21.9 Å². The summed E-state index contributed by atoms with van der Waals surface area (Å²) in [5.74, 6) is -1.53. The van der Waals surface area contributed by atoms with Crippen molar-refractivity contribution in [1.29, 1.82) is 0 Å². The zero-order valence-corrected chi connectivity index (χ0v) is 18.1. The van der Waals surface area contributed by atoms with Crippen molar-refractivity contribution in [2.75, 3.05) is 13.2 Å². The maximum absolute atomic E-state index is 13.0. The van der Waals surface area contributed by atoms with E-state index in [9.17, 15) is 22.8 Å². The molecule has 0 spiro atoms. The van der Waals surface area contributed by atoms with Gasteiger partial charge >= 0.3 is 5.97 Å². The van der Waals surface area contributed by atoms with E-state index < -0.39 is 27.5 Å². The van der Waals surface area contributed by atoms with Crippen molar-refractivity contribution in [3.05, 3.63) is 94.0 Å². The number of halogens is 1. The molecular formula is C23H16ClNO6S. The summed E-state index contributed by atoms with van der Waals surface area (Å²) in [4.78, 5) is 36.8. The van der Waals surface area contributed by atoms with Crippen molar-refractivity contribution >= 4 is 39.1 Å². The summed E-state index contributed by atoms with van der Waals surface area (Å²) in [6.07, 6.45) is 0. The van der Waals surface area contributed by atoms with Crippen molar-refractivity contribution in [2.45, 2.75) is 9.79 Å². The van der Waals surface area contributed by atoms with Gasteiger partial charge in [0.1, 0.15) is 6.61 Å². The van der Waals surface area contributed by atoms with E-state index in [1.54, 1.807) is 18.2 Å². The molecule has 9 heteroatoms. The zero-order chi connectivity index (χ0) is 22.9. The summed E-state index contributed by atoms with van der Waals surface area (Å²) in [7, 11) is -3.94. The van der Waals surface area contributed by atoms with Crippen molar-refractivity contribution in [3.63, 3.8) is 0 Å². The second-order valence-corrected chi connectivity index (χ2v) is 9.26. The largest absolute Gasteiger partial charge is 0.460 e. The van der Waals surface area contributed by atoms with Crippen LogP contribution in [0.15, 0.2) is 76.5 Å². The van der Waals surface area contributed by atoms with Crippen molar-refractivity contribution in [2.24, 2.45) is 0 Å². The second kappa shape index (κ2) is 8.57. The van der Waals surface area contributed by atoms with E-state index in [-0.39, 0.29) is 39.6 Å². The standard InChI is InChI=1S/C23H16ClNO6S/c24-16-8-5-14(6-9-16)23(28)31-12-11-25-22(27)15-7-10-18-20(13-15)32(29,30)19-4-2-1-3-17(19)21(18)26/h1-10,13H,11-12H2,(H,25,27). The molecule has 162 valence electrons. The van der Waals surface area contributed by atoms with Crippen molar-refractivity contribution in [1.82, 2.24) is 5.32 Å². The predicted molar refractivity (Wildman–Crippen MR) is 116 cm³/mol. The fourth-order valence-electron chi connectivity index (χ4n) is 3.31. The van der Waals surface area contributed by atoms with Crippen LogP contribution in [-0.4, -0.2) is 39.2 Å². The number of hydrogen-bond donors (Lipinski definition) is 1. The average Bonchev–Trinajstić information content (AvgIpc) is 2.80. The molecule has 3 aromatic carbocycles. The van der Waals surface area contributed by atoms with E-state index in [0.717, 1.165) is 0 Å². The summed E-state index contributed by atoms with van der Waals surface area (Å²) in [5.41, 5.74) is 0.533. The Bertz CT molecular complexity index is 1350. The smallest absolute Gasteiger partial charge is 0.338 e. The van der Waals surface area contributed by atoms with E-state index in [1.165, 1.54) is 48.5 Å². The molecule has 0 fully saturated rings. The fraction of sp³-hybridized carbons (Fsp3) is 0.0870. The maximum Gasteiger partial charge on any atom is 0.338 e. The number of hydrogen-bond acceptors (Lipinski definition) is 6. The molecule has 0 radical (unpaired) electrons. The number of amides is 1. The van der Waals surface area contributed by atoms with Crippen molar-refractivity contribution < 1.29 is 27.5 Å². The van der Waals surface area contributed by atoms with Crippen LogP contribution < -0.4 is 5.32 Å². The monoisotopic (exact) mass is 469 g/mol. The number of carbonyl (C=O) groups excluding carboxylic acids is 3. The quantitative estimate of drug-likeness (QED) is 0.355. The van der Waals surface area contributed by atoms with Gasteiger partial charge in [-0.1, -0.05) is 23.7 Å². The molecule has 7 nitrogen and oxygen atoms in total. The van der Waals surface area contributed by atoms with Crippen molar-refractivity contribution in [3.8, 4) is 0 Å². The fourth-order valence-corrected chi connectivity index (χ4v) is 5.11. The number of carbonyl (C=O) groups is 3. The highest BCUT2D eigenvalue weighted by Gasteiger charge is 2.34. The lowest BCUT2D eigenvalue weighted by molar-refractivity contribution is 0.0503. The Morgan fingerprint density at radius 1 is 0.875 bits per heavy atom. The Kier molecular flexibility index (Phi) is 5.82. The minimum absolute atomic E-state index is 0.0176. The van der Waals surface area contributed by atoms with Gasteiger partial charge in [-0.2, -0.15) is 0 Å². The summed E-state index contributed by atoms with van der Waals surface area (Å²) in [5, 5.41) is 3.05. The Balaban J connectivity index is 1.43. The molecule has 0 saturated heterocycles. The van der Waals surface area contributed by atoms with Crippen LogP contribution in [-0.2, 0) is 14.6 Å². The van der Waals surface area contributed by atoms with Crippen LogP contribution in [0, 0.1) is 0 Å². The van der Waals surface area contributed by atoms with Gasteiger partial charge in [-0.05, 0) is 54.6 Å². The van der Waals surface area contributed by atoms with Gasteiger partial charge in [0, 0.05) is 21.7 Å². The van der Waals surface area contributed by atoms with Gasteiger partial charge in [0.15, 0.2) is 5.78 Å². The molecular weight excluding hydrogens is 454 g/mol. The highest BCUT2D eigenvalue weighted by Crippen LogP contribution is 2.34. The lowest BCUT2D eigenvalue weighted by Gasteiger charge is -2.19. The Hall–Kier alpha value is -3.49. The number of esters is 1. The van der Waals surface area contributed by atoms with Crippen LogP contribution in [0.1, 0.15) is 36.6 Å². The van der Waals surface area contributed by atoms with Gasteiger partial charge in [0.25, 0.3) is 5.91 Å². The number of fused-ring (bicyclic) bond motifs is 2. The number of ketones is 1. The minimum atomic E-state index is -3.94. The predicted octanol–water partition coefficient (Wildman–Crippen LogP) is 3.30. The summed E-state index contributed by atoms with van der Waals surface area (Å²) in [6.45, 7) is -0.0634. The Morgan fingerprint density at radius 3 is 2.28 bits per heavy atom. The first-order valence-electron chi connectivity index (χ1n) is 9.53. The van der Waals surface area contributed by atoms with Gasteiger partial charge in [-0.25, -0.2) is 13.2 Å². The first-order chi connectivity index (χ1) is 15.3. The number of benzene rings is 3. The van der Waals surface area contributed by atoms with Crippen LogP contribution in [0.2, 0.25) is 5.02 Å². The van der Waals surface area contributed by atoms with E-state index >= 15 is 0 Å². The van der Waals surface area contributed by atoms with Crippen LogP contribution in [0.5, 0.6) is 0 Å². The molecule has 4 rings (SSSR count). The molecule has 1 aliphatic heterocycles. The Labute approximate surface area is 188 Å². The van der Waals surface area contributed by atoms with E-state index in [4.69, 9.17) is 16.3 Å². The molecule has 0 aromatic heterocycles. The van der Waals surface area contributed by atoms with E-state index in [2.05, 4.69) is 5.32 Å². The molecule has 1 aliphatic rings. The molecule has 3 aromatic rings. The molecule has 1 N–H and O–H groups in total. The first-order valence-corrected chi connectivity index (χ1v) is 11.4. The maximum atomic E-state index is 13.0. The molecule has 0 atom stereocenters. The highest BCUT2D eigenvalue weighted by atomic mass is 35.5. The van der Waals surface area contributed by atoms with Gasteiger partial charge in [-0.3, -0.25) is 9.59 Å². The summed E-state index contributed by atoms with van der Waals surface area (Å²) in [6, 6.07) is 16.0. The Morgan fingerprint density at radius 2 is 1.53 bits per heavy atom. The van der Waals surface area contributed by atoms with Crippen LogP contribution in [0.25, 0.3) is 0 Å². The summed E-state index contributed by atoms with van der Waals surface area (Å²) < 4.78 is 31.0. The van der Waals surface area contributed by atoms with E-state index in [1.807, 2.05) is 0 Å². The van der Waals surface area contributed by atoms with Crippen LogP contribution in [0.4, 0.5) is 0 Å². The SMILES string of the molecule is O=C(NCCOC(=O)c1ccc(Cl)cc1)c1ccc2c(c1)S(=O)(=O)c1ccccc1C2=O. The van der Waals surface area contributed by atoms with E-state index in [0.29, 0.717) is 10.6 Å². The normalized spacial score (nSPS) is 13.6. The topological polar surface area (TPSA) is 107 Å². The molecule has 1 heterocycles. The zero-order valence-electron chi connectivity index (χ0n) is 16.5. The molecule has 0 bridgehead atoms. The summed E-state index contributed by atoms with van der Waals surface area (Å²) >= 11 is 5.78. The minimum Gasteiger partial charge on any atom is -0.460 e. The third-order valence-electron chi connectivity index (χ3n) is 4.90. The third kappa shape index (κ3) is 4.02. The van der Waals surface area contributed by atoms with Gasteiger partial charge < -0.3 is 10.1 Å². The average molecular weight is 470 g/mol. The number of rotatable bonds is 5. The van der Waals surface area contributed by atoms with Crippen LogP contribution in [0.3, 0.4) is 0 Å². The number of ether oxygens (including phenoxy) is 1. The van der Waals surface area contributed by atoms with Gasteiger partial charge in [0.2, 0.25) is 9.84 Å².